The molecular weight excluding hydrogens is 352 g/mol. The molecule has 5 nitrogen and oxygen atoms in total. The van der Waals surface area contributed by atoms with Gasteiger partial charge in [0.2, 0.25) is 11.8 Å². The molecule has 0 aromatic heterocycles. The summed E-state index contributed by atoms with van der Waals surface area (Å²) in [5, 5.41) is 3.66. The average molecular weight is 375 g/mol. The number of carbonyl (C=O) groups excluding carboxylic acids is 2. The van der Waals surface area contributed by atoms with Crippen LogP contribution in [-0.2, 0) is 20.9 Å². The zero-order valence-electron chi connectivity index (χ0n) is 14.9. The molecule has 3 aliphatic heterocycles. The number of halogens is 1. The van der Waals surface area contributed by atoms with Crippen LogP contribution >= 0.6 is 11.6 Å². The van der Waals surface area contributed by atoms with Gasteiger partial charge < -0.3 is 15.0 Å². The predicted molar refractivity (Wildman–Crippen MR) is 98.5 cm³/mol. The van der Waals surface area contributed by atoms with Crippen LogP contribution in [0.5, 0.6) is 0 Å². The zero-order chi connectivity index (χ0) is 18.5. The Morgan fingerprint density at radius 3 is 2.96 bits per heavy atom. The molecule has 1 spiro atoms. The minimum atomic E-state index is -0.680. The van der Waals surface area contributed by atoms with Crippen molar-refractivity contribution in [3.8, 4) is 0 Å². The first kappa shape index (κ1) is 17.6. The molecule has 4 rings (SSSR count). The number of amides is 2. The molecule has 5 unspecified atom stereocenters. The summed E-state index contributed by atoms with van der Waals surface area (Å²) in [5.41, 5.74) is 0.221. The van der Waals surface area contributed by atoms with Gasteiger partial charge in [-0.2, -0.15) is 0 Å². The molecule has 3 heterocycles. The summed E-state index contributed by atoms with van der Waals surface area (Å²) in [6.07, 6.45) is 4.45. The largest absolute Gasteiger partial charge is 0.360 e. The van der Waals surface area contributed by atoms with Crippen molar-refractivity contribution in [3.05, 3.63) is 47.0 Å². The van der Waals surface area contributed by atoms with E-state index in [0.717, 1.165) is 12.0 Å². The number of rotatable bonds is 5. The van der Waals surface area contributed by atoms with Gasteiger partial charge in [-0.1, -0.05) is 48.9 Å². The van der Waals surface area contributed by atoms with Crippen LogP contribution in [-0.4, -0.2) is 41.0 Å². The van der Waals surface area contributed by atoms with Crippen molar-refractivity contribution >= 4 is 23.4 Å². The third-order valence-corrected chi connectivity index (χ3v) is 6.17. The quantitative estimate of drug-likeness (QED) is 0.806. The van der Waals surface area contributed by atoms with E-state index in [4.69, 9.17) is 16.3 Å². The Bertz CT molecular complexity index is 780. The van der Waals surface area contributed by atoms with E-state index < -0.39 is 17.4 Å². The smallest absolute Gasteiger partial charge is 0.230 e. The number of nitrogens with zero attached hydrogens (tertiary/aromatic N) is 1. The molecule has 2 bridgehead atoms. The number of hydrogen-bond acceptors (Lipinski definition) is 3. The van der Waals surface area contributed by atoms with Crippen molar-refractivity contribution in [1.29, 1.82) is 0 Å². The maximum Gasteiger partial charge on any atom is 0.230 e. The first-order valence-corrected chi connectivity index (χ1v) is 9.52. The molecule has 3 aliphatic rings. The second-order valence-corrected chi connectivity index (χ2v) is 7.91. The van der Waals surface area contributed by atoms with Crippen molar-refractivity contribution in [3.63, 3.8) is 0 Å². The molecule has 5 atom stereocenters. The highest BCUT2D eigenvalue weighted by Crippen LogP contribution is 2.52. The normalized spacial score (nSPS) is 32.8. The van der Waals surface area contributed by atoms with Crippen LogP contribution in [0.25, 0.3) is 0 Å². The summed E-state index contributed by atoms with van der Waals surface area (Å²) in [6, 6.07) is 7.60. The van der Waals surface area contributed by atoms with E-state index in [-0.39, 0.29) is 24.0 Å². The average Bonchev–Trinajstić information content (AvgIpc) is 3.25. The predicted octanol–water partition coefficient (Wildman–Crippen LogP) is 2.54. The molecule has 2 fully saturated rings. The summed E-state index contributed by atoms with van der Waals surface area (Å²) < 4.78 is 6.13. The van der Waals surface area contributed by atoms with Crippen molar-refractivity contribution in [1.82, 2.24) is 10.2 Å². The molecule has 1 N–H and O–H groups in total. The lowest BCUT2D eigenvalue weighted by atomic mass is 9.76. The van der Waals surface area contributed by atoms with Crippen LogP contribution < -0.4 is 5.32 Å². The van der Waals surface area contributed by atoms with Crippen LogP contribution in [0.2, 0.25) is 5.02 Å². The van der Waals surface area contributed by atoms with Crippen molar-refractivity contribution in [2.24, 2.45) is 11.8 Å². The topological polar surface area (TPSA) is 58.6 Å². The van der Waals surface area contributed by atoms with Gasteiger partial charge >= 0.3 is 0 Å². The Morgan fingerprint density at radius 1 is 1.46 bits per heavy atom. The summed E-state index contributed by atoms with van der Waals surface area (Å²) in [4.78, 5) is 27.7. The molecule has 26 heavy (non-hydrogen) atoms. The SMILES string of the molecule is CCC(C)NC(=O)C1C2C=CC3(CN(Cc4ccccc4Cl)C(=O)C13)O2. The van der Waals surface area contributed by atoms with Gasteiger partial charge in [0.15, 0.2) is 0 Å². The fourth-order valence-electron chi connectivity index (χ4n) is 4.28. The first-order valence-electron chi connectivity index (χ1n) is 9.15. The van der Waals surface area contributed by atoms with Gasteiger partial charge in [0, 0.05) is 17.6 Å². The maximum atomic E-state index is 13.1. The monoisotopic (exact) mass is 374 g/mol. The van der Waals surface area contributed by atoms with Gasteiger partial charge in [-0.25, -0.2) is 0 Å². The molecule has 0 saturated carbocycles. The second kappa shape index (κ2) is 6.39. The van der Waals surface area contributed by atoms with Crippen molar-refractivity contribution in [2.75, 3.05) is 6.54 Å². The Labute approximate surface area is 158 Å². The third kappa shape index (κ3) is 2.65. The molecule has 138 valence electrons. The summed E-state index contributed by atoms with van der Waals surface area (Å²) in [5.74, 6) is -1.03. The van der Waals surface area contributed by atoms with E-state index in [9.17, 15) is 9.59 Å². The fourth-order valence-corrected chi connectivity index (χ4v) is 4.48. The molecule has 0 radical (unpaired) electrons. The third-order valence-electron chi connectivity index (χ3n) is 5.80. The number of nitrogens with one attached hydrogen (secondary N) is 1. The van der Waals surface area contributed by atoms with Gasteiger partial charge in [0.25, 0.3) is 0 Å². The number of benzene rings is 1. The first-order chi connectivity index (χ1) is 12.4. The summed E-state index contributed by atoms with van der Waals surface area (Å²) >= 11 is 6.25. The van der Waals surface area contributed by atoms with Gasteiger partial charge in [-0.05, 0) is 25.0 Å². The van der Waals surface area contributed by atoms with Crippen LogP contribution in [0.3, 0.4) is 0 Å². The standard InChI is InChI=1S/C20H23ClN2O3/c1-3-12(2)22-18(24)16-15-8-9-20(26-15)11-23(19(25)17(16)20)10-13-6-4-5-7-14(13)21/h4-9,12,15-17H,3,10-11H2,1-2H3,(H,22,24). The Hall–Kier alpha value is -1.85. The molecule has 2 saturated heterocycles. The number of ether oxygens (including phenoxy) is 1. The Balaban J connectivity index is 1.57. The highest BCUT2D eigenvalue weighted by atomic mass is 35.5. The number of likely N-dealkylation sites (tertiary alicyclic amines) is 1. The number of hydrogen-bond donors (Lipinski definition) is 1. The zero-order valence-corrected chi connectivity index (χ0v) is 15.7. The summed E-state index contributed by atoms with van der Waals surface area (Å²) in [7, 11) is 0. The minimum absolute atomic E-state index is 0.0268. The maximum absolute atomic E-state index is 13.1. The van der Waals surface area contributed by atoms with Gasteiger partial charge in [-0.3, -0.25) is 9.59 Å². The summed E-state index contributed by atoms with van der Waals surface area (Å²) in [6.45, 7) is 4.88. The van der Waals surface area contributed by atoms with E-state index in [1.807, 2.05) is 50.3 Å². The highest BCUT2D eigenvalue weighted by molar-refractivity contribution is 6.31. The molecule has 2 amide bonds. The fraction of sp³-hybridized carbons (Fsp3) is 0.500. The van der Waals surface area contributed by atoms with Gasteiger partial charge in [-0.15, -0.1) is 0 Å². The lowest BCUT2D eigenvalue weighted by Gasteiger charge is -2.25. The molecule has 6 heteroatoms. The lowest BCUT2D eigenvalue weighted by molar-refractivity contribution is -0.138. The molecule has 0 aliphatic carbocycles. The minimum Gasteiger partial charge on any atom is -0.360 e. The van der Waals surface area contributed by atoms with E-state index in [2.05, 4.69) is 5.32 Å². The van der Waals surface area contributed by atoms with E-state index in [1.54, 1.807) is 4.90 Å². The van der Waals surface area contributed by atoms with Crippen LogP contribution in [0.1, 0.15) is 25.8 Å². The van der Waals surface area contributed by atoms with E-state index in [1.165, 1.54) is 0 Å². The van der Waals surface area contributed by atoms with Crippen LogP contribution in [0, 0.1) is 11.8 Å². The molecule has 1 aromatic carbocycles. The number of fused-ring (bicyclic) bond motifs is 1. The van der Waals surface area contributed by atoms with Crippen molar-refractivity contribution < 1.29 is 14.3 Å². The van der Waals surface area contributed by atoms with E-state index >= 15 is 0 Å². The van der Waals surface area contributed by atoms with Gasteiger partial charge in [0.05, 0.1) is 24.5 Å². The molecular formula is C20H23ClN2O3. The van der Waals surface area contributed by atoms with Crippen molar-refractivity contribution in [2.45, 2.75) is 44.6 Å². The second-order valence-electron chi connectivity index (χ2n) is 7.50. The van der Waals surface area contributed by atoms with E-state index in [0.29, 0.717) is 18.1 Å². The van der Waals surface area contributed by atoms with Gasteiger partial charge in [0.1, 0.15) is 5.60 Å². The molecule has 1 aromatic rings. The number of carbonyl (C=O) groups is 2. The van der Waals surface area contributed by atoms with Crippen LogP contribution in [0.4, 0.5) is 0 Å². The Kier molecular flexibility index (Phi) is 4.32. The highest BCUT2D eigenvalue weighted by Gasteiger charge is 2.66. The lowest BCUT2D eigenvalue weighted by Crippen LogP contribution is -2.46. The van der Waals surface area contributed by atoms with Crippen LogP contribution in [0.15, 0.2) is 36.4 Å². The Morgan fingerprint density at radius 2 is 2.23 bits per heavy atom.